The number of hydrogen-bond acceptors (Lipinski definition) is 5. The van der Waals surface area contributed by atoms with Crippen molar-refractivity contribution in [2.24, 2.45) is 5.92 Å². The Morgan fingerprint density at radius 1 is 0.875 bits per heavy atom. The third-order valence-electron chi connectivity index (χ3n) is 4.37. The van der Waals surface area contributed by atoms with Gasteiger partial charge in [0.2, 0.25) is 0 Å². The first-order chi connectivity index (χ1) is 11.6. The van der Waals surface area contributed by atoms with Gasteiger partial charge in [-0.15, -0.1) is 0 Å². The smallest absolute Gasteiger partial charge is 0.311 e. The van der Waals surface area contributed by atoms with Gasteiger partial charge in [0.15, 0.2) is 0 Å². The van der Waals surface area contributed by atoms with E-state index < -0.39 is 30.7 Å². The van der Waals surface area contributed by atoms with Crippen LogP contribution in [-0.4, -0.2) is 46.7 Å². The van der Waals surface area contributed by atoms with E-state index in [0.29, 0.717) is 12.8 Å². The third kappa shape index (κ3) is 11.8. The molecule has 0 aliphatic carbocycles. The Bertz CT molecular complexity index is 295. The van der Waals surface area contributed by atoms with E-state index in [1.165, 1.54) is 12.8 Å². The van der Waals surface area contributed by atoms with Crippen molar-refractivity contribution >= 4 is 5.97 Å². The molecule has 0 heterocycles. The van der Waals surface area contributed by atoms with Crippen molar-refractivity contribution in [1.82, 2.24) is 0 Å². The molecule has 0 fully saturated rings. The van der Waals surface area contributed by atoms with Crippen LogP contribution in [0.25, 0.3) is 0 Å². The number of carbonyl (C=O) groups is 1. The van der Waals surface area contributed by atoms with Crippen molar-refractivity contribution in [2.75, 3.05) is 13.2 Å². The number of ether oxygens (including phenoxy) is 1. The summed E-state index contributed by atoms with van der Waals surface area (Å²) in [6, 6.07) is 0. The lowest BCUT2D eigenvalue weighted by molar-refractivity contribution is -0.156. The van der Waals surface area contributed by atoms with Gasteiger partial charge >= 0.3 is 5.97 Å². The van der Waals surface area contributed by atoms with Crippen molar-refractivity contribution in [3.63, 3.8) is 0 Å². The highest BCUT2D eigenvalue weighted by molar-refractivity contribution is 5.73. The van der Waals surface area contributed by atoms with Gasteiger partial charge in [0, 0.05) is 0 Å². The monoisotopic (exact) mass is 346 g/mol. The van der Waals surface area contributed by atoms with E-state index in [2.05, 4.69) is 13.8 Å². The Kier molecular flexibility index (Phi) is 15.4. The van der Waals surface area contributed by atoms with Crippen molar-refractivity contribution in [2.45, 2.75) is 96.7 Å². The van der Waals surface area contributed by atoms with Gasteiger partial charge in [-0.05, 0) is 12.8 Å². The first-order valence-corrected chi connectivity index (χ1v) is 9.70. The van der Waals surface area contributed by atoms with Gasteiger partial charge < -0.3 is 20.1 Å². The topological polar surface area (TPSA) is 87.0 Å². The van der Waals surface area contributed by atoms with Gasteiger partial charge in [-0.1, -0.05) is 71.6 Å². The summed E-state index contributed by atoms with van der Waals surface area (Å²) in [5.41, 5.74) is 0. The number of hydrogen-bond donors (Lipinski definition) is 3. The molecule has 0 aromatic heterocycles. The molecule has 3 unspecified atom stereocenters. The van der Waals surface area contributed by atoms with Crippen LogP contribution in [0.15, 0.2) is 0 Å². The van der Waals surface area contributed by atoms with Gasteiger partial charge in [-0.3, -0.25) is 4.79 Å². The minimum Gasteiger partial charge on any atom is -0.463 e. The second-order valence-corrected chi connectivity index (χ2v) is 6.69. The molecule has 0 rings (SSSR count). The normalized spacial score (nSPS) is 15.0. The van der Waals surface area contributed by atoms with Gasteiger partial charge in [-0.2, -0.15) is 0 Å². The largest absolute Gasteiger partial charge is 0.463 e. The minimum atomic E-state index is -1.05. The second kappa shape index (κ2) is 15.9. The number of aliphatic hydroxyl groups excluding tert-OH is 3. The van der Waals surface area contributed by atoms with Crippen LogP contribution < -0.4 is 0 Å². The Balaban J connectivity index is 4.34. The number of esters is 1. The molecule has 0 saturated carbocycles. The van der Waals surface area contributed by atoms with Crippen LogP contribution in [0.4, 0.5) is 0 Å². The lowest BCUT2D eigenvalue weighted by atomic mass is 9.91. The third-order valence-corrected chi connectivity index (χ3v) is 4.37. The maximum atomic E-state index is 12.2. The Labute approximate surface area is 147 Å². The predicted molar refractivity (Wildman–Crippen MR) is 95.7 cm³/mol. The summed E-state index contributed by atoms with van der Waals surface area (Å²) in [5.74, 6) is -0.987. The quantitative estimate of drug-likeness (QED) is 0.295. The minimum absolute atomic E-state index is 0.218. The number of carbonyl (C=O) groups excluding carboxylic acids is 1. The molecule has 5 nitrogen and oxygen atoms in total. The van der Waals surface area contributed by atoms with E-state index in [9.17, 15) is 15.0 Å². The predicted octanol–water partition coefficient (Wildman–Crippen LogP) is 3.19. The van der Waals surface area contributed by atoms with E-state index >= 15 is 0 Å². The molecule has 3 atom stereocenters. The zero-order valence-corrected chi connectivity index (χ0v) is 15.6. The zero-order valence-electron chi connectivity index (χ0n) is 15.6. The summed E-state index contributed by atoms with van der Waals surface area (Å²) in [7, 11) is 0. The van der Waals surface area contributed by atoms with E-state index in [1.807, 2.05) is 0 Å². The molecule has 24 heavy (non-hydrogen) atoms. The molecule has 144 valence electrons. The van der Waals surface area contributed by atoms with Crippen LogP contribution in [0, 0.1) is 5.92 Å². The molecule has 0 saturated heterocycles. The standard InChI is InChI=1S/C19H38O5/c1-3-5-7-9-11-13-18(22)17(12-10-8-6-4-2)19(23)24-15-16(21)14-20/h16-18,20-22H,3-15H2,1-2H3. The fraction of sp³-hybridized carbons (Fsp3) is 0.947. The SMILES string of the molecule is CCCCCCCC(O)C(CCCCCC)C(=O)OCC(O)CO. The lowest BCUT2D eigenvalue weighted by Gasteiger charge is -2.22. The van der Waals surface area contributed by atoms with Crippen LogP contribution in [0.3, 0.4) is 0 Å². The highest BCUT2D eigenvalue weighted by atomic mass is 16.5. The van der Waals surface area contributed by atoms with Gasteiger partial charge in [0.05, 0.1) is 18.6 Å². The summed E-state index contributed by atoms with van der Waals surface area (Å²) in [5, 5.41) is 28.5. The lowest BCUT2D eigenvalue weighted by Crippen LogP contribution is -2.32. The molecule has 0 amide bonds. The highest BCUT2D eigenvalue weighted by Crippen LogP contribution is 2.21. The summed E-state index contributed by atoms with van der Waals surface area (Å²) >= 11 is 0. The molecule has 0 spiro atoms. The van der Waals surface area contributed by atoms with Crippen LogP contribution in [0.5, 0.6) is 0 Å². The summed E-state index contributed by atoms with van der Waals surface area (Å²) in [6.45, 7) is 3.64. The average Bonchev–Trinajstić information content (AvgIpc) is 2.59. The molecular formula is C19H38O5. The van der Waals surface area contributed by atoms with Crippen LogP contribution in [0.1, 0.15) is 84.5 Å². The number of rotatable bonds is 16. The van der Waals surface area contributed by atoms with Crippen molar-refractivity contribution in [3.05, 3.63) is 0 Å². The average molecular weight is 347 g/mol. The zero-order chi connectivity index (χ0) is 18.2. The van der Waals surface area contributed by atoms with Crippen molar-refractivity contribution in [3.8, 4) is 0 Å². The molecule has 0 bridgehead atoms. The summed E-state index contributed by atoms with van der Waals surface area (Å²) in [4.78, 5) is 12.2. The van der Waals surface area contributed by atoms with Gasteiger partial charge in [0.1, 0.15) is 12.7 Å². The maximum Gasteiger partial charge on any atom is 0.311 e. The summed E-state index contributed by atoms with van der Waals surface area (Å²) in [6.07, 6.45) is 9.21. The first kappa shape index (κ1) is 23.4. The Morgan fingerprint density at radius 3 is 2.00 bits per heavy atom. The Hall–Kier alpha value is -0.650. The molecule has 0 aliphatic rings. The summed E-state index contributed by atoms with van der Waals surface area (Å²) < 4.78 is 5.07. The molecule has 3 N–H and O–H groups in total. The number of aliphatic hydroxyl groups is 3. The van der Waals surface area contributed by atoms with E-state index in [4.69, 9.17) is 9.84 Å². The van der Waals surface area contributed by atoms with Crippen LogP contribution in [0.2, 0.25) is 0 Å². The Morgan fingerprint density at radius 2 is 1.42 bits per heavy atom. The molecular weight excluding hydrogens is 308 g/mol. The fourth-order valence-corrected chi connectivity index (χ4v) is 2.75. The van der Waals surface area contributed by atoms with Crippen molar-refractivity contribution < 1.29 is 24.9 Å². The van der Waals surface area contributed by atoms with Crippen LogP contribution >= 0.6 is 0 Å². The first-order valence-electron chi connectivity index (χ1n) is 9.70. The molecule has 0 aromatic rings. The van der Waals surface area contributed by atoms with Crippen molar-refractivity contribution in [1.29, 1.82) is 0 Å². The molecule has 0 radical (unpaired) electrons. The molecule has 5 heteroatoms. The maximum absolute atomic E-state index is 12.2. The van der Waals surface area contributed by atoms with E-state index in [1.54, 1.807) is 0 Å². The number of unbranched alkanes of at least 4 members (excludes halogenated alkanes) is 7. The molecule has 0 aromatic carbocycles. The van der Waals surface area contributed by atoms with E-state index in [-0.39, 0.29) is 6.61 Å². The fourth-order valence-electron chi connectivity index (χ4n) is 2.75. The second-order valence-electron chi connectivity index (χ2n) is 6.69. The molecule has 0 aliphatic heterocycles. The van der Waals surface area contributed by atoms with Gasteiger partial charge in [0.25, 0.3) is 0 Å². The van der Waals surface area contributed by atoms with Crippen LogP contribution in [-0.2, 0) is 9.53 Å². The highest BCUT2D eigenvalue weighted by Gasteiger charge is 2.28. The van der Waals surface area contributed by atoms with E-state index in [0.717, 1.165) is 44.9 Å². The van der Waals surface area contributed by atoms with Gasteiger partial charge in [-0.25, -0.2) is 0 Å².